The molecule has 3 rings (SSSR count). The van der Waals surface area contributed by atoms with Crippen LogP contribution in [0.4, 0.5) is 0 Å². The lowest BCUT2D eigenvalue weighted by molar-refractivity contribution is -0.143. The maximum absolute atomic E-state index is 12.3. The fourth-order valence-electron chi connectivity index (χ4n) is 3.74. The second-order valence-corrected chi connectivity index (χ2v) is 6.58. The fraction of sp³-hybridized carbons (Fsp3) is 0.867. The molecule has 2 heterocycles. The van der Waals surface area contributed by atoms with Gasteiger partial charge in [0.25, 0.3) is 0 Å². The number of carbonyl (C=O) groups is 2. The minimum absolute atomic E-state index is 0.185. The third-order valence-corrected chi connectivity index (χ3v) is 5.05. The largest absolute Gasteiger partial charge is 0.481 e. The number of carbonyl (C=O) groups excluding carboxylic acids is 1. The van der Waals surface area contributed by atoms with Crippen molar-refractivity contribution in [3.05, 3.63) is 0 Å². The minimum Gasteiger partial charge on any atom is -0.481 e. The smallest absolute Gasteiger partial charge is 0.308 e. The maximum atomic E-state index is 12.3. The average molecular weight is 280 g/mol. The van der Waals surface area contributed by atoms with Crippen LogP contribution in [-0.2, 0) is 9.59 Å². The molecular weight excluding hydrogens is 256 g/mol. The average Bonchev–Trinajstić information content (AvgIpc) is 3.21. The summed E-state index contributed by atoms with van der Waals surface area (Å²) in [6, 6.07) is 0. The number of hydrogen-bond acceptors (Lipinski definition) is 3. The number of piperidine rings is 1. The zero-order chi connectivity index (χ0) is 14.1. The van der Waals surface area contributed by atoms with Gasteiger partial charge in [-0.15, -0.1) is 0 Å². The first-order chi connectivity index (χ1) is 9.65. The minimum atomic E-state index is -0.685. The molecule has 1 amide bonds. The van der Waals surface area contributed by atoms with E-state index >= 15 is 0 Å². The predicted molar refractivity (Wildman–Crippen MR) is 74.2 cm³/mol. The Kier molecular flexibility index (Phi) is 3.96. The number of hydrogen-bond donors (Lipinski definition) is 1. The zero-order valence-corrected chi connectivity index (χ0v) is 12.0. The molecule has 5 nitrogen and oxygen atoms in total. The monoisotopic (exact) mass is 280 g/mol. The van der Waals surface area contributed by atoms with Crippen LogP contribution >= 0.6 is 0 Å². The van der Waals surface area contributed by atoms with Gasteiger partial charge in [0.05, 0.1) is 12.5 Å². The van der Waals surface area contributed by atoms with Crippen LogP contribution in [0.2, 0.25) is 0 Å². The Morgan fingerprint density at radius 2 is 1.75 bits per heavy atom. The number of carboxylic acid groups (broad SMARTS) is 1. The standard InChI is InChI=1S/C15H24N2O3/c18-14(17-6-2-1-3-7-17)10-16-8-12(11-4-5-11)13(9-16)15(19)20/h11-13H,1-10H2,(H,19,20)/t12-,13+/m0/s1. The lowest BCUT2D eigenvalue weighted by Crippen LogP contribution is -2.42. The van der Waals surface area contributed by atoms with E-state index in [2.05, 4.69) is 4.90 Å². The van der Waals surface area contributed by atoms with Gasteiger partial charge in [-0.3, -0.25) is 14.5 Å². The molecule has 1 aliphatic carbocycles. The first-order valence-corrected chi connectivity index (χ1v) is 7.88. The van der Waals surface area contributed by atoms with Gasteiger partial charge in [-0.1, -0.05) is 0 Å². The van der Waals surface area contributed by atoms with Crippen molar-refractivity contribution in [2.24, 2.45) is 17.8 Å². The summed E-state index contributed by atoms with van der Waals surface area (Å²) in [5.41, 5.74) is 0. The summed E-state index contributed by atoms with van der Waals surface area (Å²) < 4.78 is 0. The van der Waals surface area contributed by atoms with Gasteiger partial charge >= 0.3 is 5.97 Å². The Labute approximate surface area is 119 Å². The molecule has 0 aromatic rings. The summed E-state index contributed by atoms with van der Waals surface area (Å²) in [6.45, 7) is 3.51. The van der Waals surface area contributed by atoms with E-state index < -0.39 is 5.97 Å². The summed E-state index contributed by atoms with van der Waals surface area (Å²) in [5.74, 6) is 0.0876. The molecule has 1 N–H and O–H groups in total. The van der Waals surface area contributed by atoms with Crippen LogP contribution in [0.5, 0.6) is 0 Å². The van der Waals surface area contributed by atoms with Crippen molar-refractivity contribution in [1.29, 1.82) is 0 Å². The van der Waals surface area contributed by atoms with Crippen molar-refractivity contribution in [2.45, 2.75) is 32.1 Å². The van der Waals surface area contributed by atoms with Gasteiger partial charge in [-0.25, -0.2) is 0 Å². The molecule has 0 bridgehead atoms. The van der Waals surface area contributed by atoms with Gasteiger partial charge in [0, 0.05) is 26.2 Å². The van der Waals surface area contributed by atoms with Crippen LogP contribution in [0.1, 0.15) is 32.1 Å². The third kappa shape index (κ3) is 2.97. The highest BCUT2D eigenvalue weighted by molar-refractivity contribution is 5.78. The van der Waals surface area contributed by atoms with Crippen LogP contribution in [0.25, 0.3) is 0 Å². The molecule has 20 heavy (non-hydrogen) atoms. The molecule has 112 valence electrons. The summed E-state index contributed by atoms with van der Waals surface area (Å²) >= 11 is 0. The fourth-order valence-corrected chi connectivity index (χ4v) is 3.74. The van der Waals surface area contributed by atoms with Crippen LogP contribution in [0.3, 0.4) is 0 Å². The van der Waals surface area contributed by atoms with Gasteiger partial charge < -0.3 is 10.0 Å². The lowest BCUT2D eigenvalue weighted by atomic mass is 9.92. The van der Waals surface area contributed by atoms with E-state index in [1.807, 2.05) is 4.90 Å². The summed E-state index contributed by atoms with van der Waals surface area (Å²) in [6.07, 6.45) is 5.77. The zero-order valence-electron chi connectivity index (χ0n) is 12.0. The Bertz CT molecular complexity index is 389. The normalized spacial score (nSPS) is 31.5. The molecule has 2 atom stereocenters. The first kappa shape index (κ1) is 13.9. The van der Waals surface area contributed by atoms with Crippen molar-refractivity contribution in [2.75, 3.05) is 32.7 Å². The van der Waals surface area contributed by atoms with E-state index in [0.29, 0.717) is 19.0 Å². The van der Waals surface area contributed by atoms with Gasteiger partial charge in [0.15, 0.2) is 0 Å². The lowest BCUT2D eigenvalue weighted by Gasteiger charge is -2.28. The SMILES string of the molecule is O=C(O)[C@@H]1CN(CC(=O)N2CCCCC2)C[C@H]1C1CC1. The summed E-state index contributed by atoms with van der Waals surface area (Å²) in [4.78, 5) is 27.6. The quantitative estimate of drug-likeness (QED) is 0.836. The Hall–Kier alpha value is -1.10. The van der Waals surface area contributed by atoms with Crippen LogP contribution in [-0.4, -0.2) is 59.5 Å². The highest BCUT2D eigenvalue weighted by atomic mass is 16.4. The molecule has 0 spiro atoms. The predicted octanol–water partition coefficient (Wildman–Crippen LogP) is 1.04. The molecule has 3 fully saturated rings. The van der Waals surface area contributed by atoms with Crippen LogP contribution in [0, 0.1) is 17.8 Å². The van der Waals surface area contributed by atoms with E-state index in [1.165, 1.54) is 19.3 Å². The molecule has 0 aromatic carbocycles. The van der Waals surface area contributed by atoms with E-state index in [1.54, 1.807) is 0 Å². The summed E-state index contributed by atoms with van der Waals surface area (Å²) in [5, 5.41) is 9.34. The summed E-state index contributed by atoms with van der Waals surface area (Å²) in [7, 11) is 0. The molecule has 2 saturated heterocycles. The molecule has 0 unspecified atom stereocenters. The van der Waals surface area contributed by atoms with Gasteiger partial charge in [-0.05, 0) is 43.9 Å². The van der Waals surface area contributed by atoms with Crippen molar-refractivity contribution >= 4 is 11.9 Å². The molecule has 2 aliphatic heterocycles. The van der Waals surface area contributed by atoms with Crippen LogP contribution in [0.15, 0.2) is 0 Å². The van der Waals surface area contributed by atoms with E-state index in [-0.39, 0.29) is 17.7 Å². The van der Waals surface area contributed by atoms with E-state index in [0.717, 1.165) is 32.5 Å². The first-order valence-electron chi connectivity index (χ1n) is 7.88. The number of likely N-dealkylation sites (tertiary alicyclic amines) is 2. The second-order valence-electron chi connectivity index (χ2n) is 6.58. The Balaban J connectivity index is 1.55. The highest BCUT2D eigenvalue weighted by Crippen LogP contribution is 2.44. The number of aliphatic carboxylic acids is 1. The van der Waals surface area contributed by atoms with Gasteiger partial charge in [0.1, 0.15) is 0 Å². The van der Waals surface area contributed by atoms with Crippen molar-refractivity contribution < 1.29 is 14.7 Å². The third-order valence-electron chi connectivity index (χ3n) is 5.05. The molecule has 0 radical (unpaired) electrons. The number of nitrogens with zero attached hydrogens (tertiary/aromatic N) is 2. The number of rotatable bonds is 4. The molecule has 3 aliphatic rings. The maximum Gasteiger partial charge on any atom is 0.308 e. The molecule has 5 heteroatoms. The Morgan fingerprint density at radius 3 is 2.35 bits per heavy atom. The van der Waals surface area contributed by atoms with Crippen molar-refractivity contribution in [3.8, 4) is 0 Å². The van der Waals surface area contributed by atoms with Crippen molar-refractivity contribution in [1.82, 2.24) is 9.80 Å². The number of amides is 1. The number of carboxylic acids is 1. The van der Waals surface area contributed by atoms with Gasteiger partial charge in [0.2, 0.25) is 5.91 Å². The topological polar surface area (TPSA) is 60.9 Å². The molecule has 0 aromatic heterocycles. The Morgan fingerprint density at radius 1 is 1.05 bits per heavy atom. The van der Waals surface area contributed by atoms with Crippen molar-refractivity contribution in [3.63, 3.8) is 0 Å². The van der Waals surface area contributed by atoms with Gasteiger partial charge in [-0.2, -0.15) is 0 Å². The highest BCUT2D eigenvalue weighted by Gasteiger charge is 2.45. The van der Waals surface area contributed by atoms with Crippen LogP contribution < -0.4 is 0 Å². The molecular formula is C15H24N2O3. The van der Waals surface area contributed by atoms with E-state index in [9.17, 15) is 14.7 Å². The molecule has 1 saturated carbocycles. The second kappa shape index (κ2) is 5.72. The van der Waals surface area contributed by atoms with E-state index in [4.69, 9.17) is 0 Å².